The molecule has 42 heavy (non-hydrogen) atoms. The molecular formula is C29H16ClF5N4O3. The molecule has 0 radical (unpaired) electrons. The van der Waals surface area contributed by atoms with E-state index in [4.69, 9.17) is 21.8 Å². The topological polar surface area (TPSA) is 110 Å². The molecule has 7 nitrogen and oxygen atoms in total. The molecule has 0 bridgehead atoms. The largest absolute Gasteiger partial charge is 0.424 e. The number of anilines is 2. The highest BCUT2D eigenvalue weighted by atomic mass is 35.5. The first-order chi connectivity index (χ1) is 19.9. The second-order valence-electron chi connectivity index (χ2n) is 9.47. The van der Waals surface area contributed by atoms with E-state index in [0.717, 1.165) is 12.1 Å². The van der Waals surface area contributed by atoms with E-state index in [1.807, 2.05) is 0 Å². The van der Waals surface area contributed by atoms with E-state index in [1.165, 1.54) is 18.2 Å². The lowest BCUT2D eigenvalue weighted by Crippen LogP contribution is -2.21. The number of halogens is 6. The smallest absolute Gasteiger partial charge is 0.416 e. The van der Waals surface area contributed by atoms with Gasteiger partial charge in [-0.3, -0.25) is 9.59 Å². The van der Waals surface area contributed by atoms with Crippen LogP contribution in [0.2, 0.25) is 5.02 Å². The van der Waals surface area contributed by atoms with Crippen LogP contribution in [0.4, 0.5) is 33.7 Å². The Balaban J connectivity index is 1.51. The van der Waals surface area contributed by atoms with Crippen LogP contribution in [0.1, 0.15) is 43.4 Å². The maximum Gasteiger partial charge on any atom is 0.416 e. The fourth-order valence-corrected chi connectivity index (χ4v) is 5.10. The number of nitrogens with two attached hydrogens (primary N) is 1. The van der Waals surface area contributed by atoms with Gasteiger partial charge in [0.05, 0.1) is 11.6 Å². The van der Waals surface area contributed by atoms with Gasteiger partial charge in [0, 0.05) is 33.0 Å². The maximum absolute atomic E-state index is 14.2. The zero-order valence-electron chi connectivity index (χ0n) is 20.9. The van der Waals surface area contributed by atoms with Crippen LogP contribution in [-0.2, 0) is 6.18 Å². The maximum atomic E-state index is 14.2. The number of carbonyl (C=O) groups excluding carboxylic acids is 2. The van der Waals surface area contributed by atoms with Crippen molar-refractivity contribution < 1.29 is 36.0 Å². The predicted molar refractivity (Wildman–Crippen MR) is 144 cm³/mol. The number of rotatable bonds is 4. The second kappa shape index (κ2) is 9.84. The van der Waals surface area contributed by atoms with Crippen LogP contribution in [0.3, 0.4) is 0 Å². The van der Waals surface area contributed by atoms with Gasteiger partial charge in [-0.1, -0.05) is 17.7 Å². The van der Waals surface area contributed by atoms with E-state index in [1.54, 1.807) is 18.2 Å². The molecule has 0 aliphatic carbocycles. The Morgan fingerprint density at radius 2 is 1.76 bits per heavy atom. The number of oxazole rings is 1. The molecule has 1 aromatic heterocycles. The summed E-state index contributed by atoms with van der Waals surface area (Å²) in [6, 6.07) is 11.8. The third kappa shape index (κ3) is 4.90. The zero-order valence-corrected chi connectivity index (χ0v) is 21.7. The number of carbonyl (C=O) groups is 2. The van der Waals surface area contributed by atoms with Crippen LogP contribution >= 0.6 is 11.6 Å². The number of amides is 2. The van der Waals surface area contributed by atoms with Crippen molar-refractivity contribution in [3.8, 4) is 11.1 Å². The van der Waals surface area contributed by atoms with Gasteiger partial charge in [0.1, 0.15) is 17.2 Å². The molecule has 5 aromatic rings. The van der Waals surface area contributed by atoms with Crippen molar-refractivity contribution in [2.45, 2.75) is 12.2 Å². The number of hydrogen-bond acceptors (Lipinski definition) is 5. The van der Waals surface area contributed by atoms with Crippen LogP contribution in [0.25, 0.3) is 22.2 Å². The second-order valence-corrected chi connectivity index (χ2v) is 9.88. The quantitative estimate of drug-likeness (QED) is 0.191. The molecule has 2 heterocycles. The van der Waals surface area contributed by atoms with Gasteiger partial charge in [0.2, 0.25) is 0 Å². The molecule has 1 aliphatic rings. The van der Waals surface area contributed by atoms with Gasteiger partial charge in [0.15, 0.2) is 5.58 Å². The fraction of sp³-hybridized carbons (Fsp3) is 0.0690. The minimum absolute atomic E-state index is 0.00578. The van der Waals surface area contributed by atoms with Crippen molar-refractivity contribution in [3.63, 3.8) is 0 Å². The third-order valence-corrected chi connectivity index (χ3v) is 7.07. The number of fused-ring (bicyclic) bond motifs is 2. The Morgan fingerprint density at radius 1 is 0.976 bits per heavy atom. The Hall–Kier alpha value is -4.97. The van der Waals surface area contributed by atoms with Gasteiger partial charge in [-0.15, -0.1) is 0 Å². The molecule has 212 valence electrons. The summed E-state index contributed by atoms with van der Waals surface area (Å²) in [6.07, 6.45) is -4.91. The van der Waals surface area contributed by atoms with Crippen molar-refractivity contribution in [1.29, 1.82) is 0 Å². The summed E-state index contributed by atoms with van der Waals surface area (Å²) in [7, 11) is 0. The molecular weight excluding hydrogens is 583 g/mol. The fourth-order valence-electron chi connectivity index (χ4n) is 4.88. The van der Waals surface area contributed by atoms with Crippen molar-refractivity contribution in [1.82, 2.24) is 10.3 Å². The lowest BCUT2D eigenvalue weighted by molar-refractivity contribution is -0.137. The van der Waals surface area contributed by atoms with Gasteiger partial charge in [0.25, 0.3) is 17.8 Å². The standard InChI is InChI=1S/C29H16ClF5N4O3/c30-20-3-2-16(31)11-18(20)25-24-19(27(41)39-25)7-13(12-1-4-23-21(8-12)38-28(36)42-23)9-22(24)37-26(40)14-5-15(29(33,34)35)10-17(32)6-14/h1-11,25H,(H2,36,38)(H,37,40)(H,39,41). The molecule has 0 fully saturated rings. The molecule has 4 N–H and O–H groups in total. The highest BCUT2D eigenvalue weighted by Crippen LogP contribution is 2.42. The first-order valence-electron chi connectivity index (χ1n) is 12.2. The first-order valence-corrected chi connectivity index (χ1v) is 12.5. The number of alkyl halides is 3. The van der Waals surface area contributed by atoms with E-state index in [2.05, 4.69) is 15.6 Å². The molecule has 1 aliphatic heterocycles. The molecule has 0 spiro atoms. The lowest BCUT2D eigenvalue weighted by atomic mass is 9.92. The first kappa shape index (κ1) is 27.2. The molecule has 4 aromatic carbocycles. The minimum Gasteiger partial charge on any atom is -0.424 e. The minimum atomic E-state index is -4.91. The van der Waals surface area contributed by atoms with Crippen molar-refractivity contribution >= 4 is 46.2 Å². The monoisotopic (exact) mass is 598 g/mol. The summed E-state index contributed by atoms with van der Waals surface area (Å²) >= 11 is 6.33. The van der Waals surface area contributed by atoms with E-state index in [-0.39, 0.29) is 39.5 Å². The van der Waals surface area contributed by atoms with E-state index in [9.17, 15) is 31.5 Å². The van der Waals surface area contributed by atoms with Crippen LogP contribution in [-0.4, -0.2) is 16.8 Å². The molecule has 0 saturated heterocycles. The normalized spacial score (nSPS) is 14.6. The van der Waals surface area contributed by atoms with E-state index in [0.29, 0.717) is 34.4 Å². The lowest BCUT2D eigenvalue weighted by Gasteiger charge is -2.19. The molecule has 2 amide bonds. The number of nitrogens with zero attached hydrogens (tertiary/aromatic N) is 1. The number of hydrogen-bond donors (Lipinski definition) is 3. The zero-order chi connectivity index (χ0) is 29.9. The number of nitrogens with one attached hydrogen (secondary N) is 2. The summed E-state index contributed by atoms with van der Waals surface area (Å²) < 4.78 is 73.5. The van der Waals surface area contributed by atoms with Crippen molar-refractivity contribution in [2.24, 2.45) is 0 Å². The molecule has 1 unspecified atom stereocenters. The highest BCUT2D eigenvalue weighted by Gasteiger charge is 2.36. The highest BCUT2D eigenvalue weighted by molar-refractivity contribution is 6.31. The van der Waals surface area contributed by atoms with Gasteiger partial charge in [-0.05, 0) is 71.8 Å². The Labute approximate surface area is 238 Å². The van der Waals surface area contributed by atoms with E-state index < -0.39 is 46.8 Å². The Morgan fingerprint density at radius 3 is 2.52 bits per heavy atom. The summed E-state index contributed by atoms with van der Waals surface area (Å²) in [5, 5.41) is 5.34. The summed E-state index contributed by atoms with van der Waals surface area (Å²) in [4.78, 5) is 30.5. The summed E-state index contributed by atoms with van der Waals surface area (Å²) in [6.45, 7) is 0. The molecule has 6 rings (SSSR count). The molecule has 0 saturated carbocycles. The molecule has 13 heteroatoms. The van der Waals surface area contributed by atoms with Crippen LogP contribution in [0, 0.1) is 11.6 Å². The van der Waals surface area contributed by atoms with Gasteiger partial charge in [-0.2, -0.15) is 18.2 Å². The summed E-state index contributed by atoms with van der Waals surface area (Å²) in [5.41, 5.74) is 5.85. The van der Waals surface area contributed by atoms with Crippen molar-refractivity contribution in [3.05, 3.63) is 111 Å². The average molecular weight is 599 g/mol. The van der Waals surface area contributed by atoms with Gasteiger partial charge in [-0.25, -0.2) is 8.78 Å². The van der Waals surface area contributed by atoms with Crippen molar-refractivity contribution in [2.75, 3.05) is 11.1 Å². The van der Waals surface area contributed by atoms with E-state index >= 15 is 0 Å². The number of nitrogen functional groups attached to an aromatic ring is 1. The number of benzene rings is 4. The van der Waals surface area contributed by atoms with Gasteiger partial charge < -0.3 is 20.8 Å². The SMILES string of the molecule is Nc1nc2cc(-c3cc(NC(=O)c4cc(F)cc(C(F)(F)F)c4)c4c(c3)C(=O)NC4c3cc(F)ccc3Cl)ccc2o1. The molecule has 1 atom stereocenters. The predicted octanol–water partition coefficient (Wildman–Crippen LogP) is 7.11. The van der Waals surface area contributed by atoms with Crippen LogP contribution in [0.15, 0.2) is 71.1 Å². The van der Waals surface area contributed by atoms with Crippen LogP contribution in [0.5, 0.6) is 0 Å². The van der Waals surface area contributed by atoms with Crippen LogP contribution < -0.4 is 16.4 Å². The van der Waals surface area contributed by atoms with Gasteiger partial charge >= 0.3 is 6.18 Å². The Bertz CT molecular complexity index is 1940. The third-order valence-electron chi connectivity index (χ3n) is 6.73. The number of aromatic nitrogens is 1. The average Bonchev–Trinajstić information content (AvgIpc) is 3.47. The Kier molecular flexibility index (Phi) is 6.38. The summed E-state index contributed by atoms with van der Waals surface area (Å²) in [5.74, 6) is -3.57.